The molecule has 152 valence electrons. The van der Waals surface area contributed by atoms with Crippen molar-refractivity contribution in [3.63, 3.8) is 0 Å². The molecule has 0 radical (unpaired) electrons. The highest BCUT2D eigenvalue weighted by molar-refractivity contribution is 7.92. The highest BCUT2D eigenvalue weighted by Gasteiger charge is 2.31. The number of hydrogen-bond acceptors (Lipinski definition) is 4. The van der Waals surface area contributed by atoms with Gasteiger partial charge in [0.25, 0.3) is 0 Å². The van der Waals surface area contributed by atoms with Crippen molar-refractivity contribution in [3.05, 3.63) is 54.1 Å². The Balaban J connectivity index is 2.30. The fourth-order valence-corrected chi connectivity index (χ4v) is 4.18. The summed E-state index contributed by atoms with van der Waals surface area (Å²) in [5.41, 5.74) is 2.22. The Kier molecular flexibility index (Phi) is 7.07. The third-order valence-corrected chi connectivity index (χ3v) is 5.68. The number of benzene rings is 2. The lowest BCUT2D eigenvalue weighted by atomic mass is 10.0. The van der Waals surface area contributed by atoms with E-state index in [1.165, 1.54) is 12.7 Å². The molecule has 0 bridgehead atoms. The van der Waals surface area contributed by atoms with E-state index in [4.69, 9.17) is 4.74 Å². The van der Waals surface area contributed by atoms with Gasteiger partial charge in [-0.3, -0.25) is 9.10 Å². The Bertz CT molecular complexity index is 891. The SMILES string of the molecule is CC[C@H](C(=O)Nc1ccc(C(C)C)cc1)N(c1ccc(OC)cc1)S(C)(=O)=O. The number of rotatable bonds is 8. The lowest BCUT2D eigenvalue weighted by Gasteiger charge is -2.30. The Morgan fingerprint density at radius 1 is 1.07 bits per heavy atom. The summed E-state index contributed by atoms with van der Waals surface area (Å²) in [5.74, 6) is 0.630. The van der Waals surface area contributed by atoms with Crippen molar-refractivity contribution in [3.8, 4) is 5.75 Å². The molecule has 2 aromatic carbocycles. The molecule has 0 aliphatic heterocycles. The van der Waals surface area contributed by atoms with Gasteiger partial charge in [0, 0.05) is 5.69 Å². The second-order valence-electron chi connectivity index (χ2n) is 6.95. The molecule has 0 heterocycles. The van der Waals surface area contributed by atoms with Crippen LogP contribution in [0.3, 0.4) is 0 Å². The van der Waals surface area contributed by atoms with E-state index >= 15 is 0 Å². The first-order chi connectivity index (χ1) is 13.2. The maximum absolute atomic E-state index is 12.9. The van der Waals surface area contributed by atoms with Gasteiger partial charge in [-0.15, -0.1) is 0 Å². The van der Waals surface area contributed by atoms with Crippen molar-refractivity contribution in [1.29, 1.82) is 0 Å². The molecule has 0 unspecified atom stereocenters. The smallest absolute Gasteiger partial charge is 0.248 e. The van der Waals surface area contributed by atoms with Crippen LogP contribution in [-0.4, -0.2) is 33.7 Å². The second-order valence-corrected chi connectivity index (χ2v) is 8.81. The molecule has 2 aromatic rings. The highest BCUT2D eigenvalue weighted by atomic mass is 32.2. The maximum Gasteiger partial charge on any atom is 0.248 e. The molecule has 0 aromatic heterocycles. The predicted octanol–water partition coefficient (Wildman–Crippen LogP) is 4.00. The topological polar surface area (TPSA) is 75.7 Å². The van der Waals surface area contributed by atoms with Crippen LogP contribution in [0.5, 0.6) is 5.75 Å². The first-order valence-electron chi connectivity index (χ1n) is 9.21. The van der Waals surface area contributed by atoms with Crippen LogP contribution in [-0.2, 0) is 14.8 Å². The predicted molar refractivity (Wildman–Crippen MR) is 114 cm³/mol. The molecule has 7 heteroatoms. The molecule has 0 aliphatic rings. The van der Waals surface area contributed by atoms with Gasteiger partial charge in [-0.1, -0.05) is 32.9 Å². The van der Waals surface area contributed by atoms with Gasteiger partial charge in [0.05, 0.1) is 19.1 Å². The van der Waals surface area contributed by atoms with Crippen molar-refractivity contribution < 1.29 is 17.9 Å². The molecule has 1 N–H and O–H groups in total. The van der Waals surface area contributed by atoms with Gasteiger partial charge in [-0.25, -0.2) is 8.42 Å². The molecule has 6 nitrogen and oxygen atoms in total. The number of methoxy groups -OCH3 is 1. The number of carbonyl (C=O) groups excluding carboxylic acids is 1. The van der Waals surface area contributed by atoms with Gasteiger partial charge in [0.2, 0.25) is 15.9 Å². The number of anilines is 2. The lowest BCUT2D eigenvalue weighted by molar-refractivity contribution is -0.117. The molecule has 0 saturated carbocycles. The van der Waals surface area contributed by atoms with E-state index in [9.17, 15) is 13.2 Å². The molecule has 1 amide bonds. The molecule has 0 spiro atoms. The summed E-state index contributed by atoms with van der Waals surface area (Å²) in [6.07, 6.45) is 1.43. The van der Waals surface area contributed by atoms with Gasteiger partial charge in [-0.2, -0.15) is 0 Å². The molecule has 0 fully saturated rings. The van der Waals surface area contributed by atoms with E-state index < -0.39 is 16.1 Å². The standard InChI is InChI=1S/C21H28N2O4S/c1-6-20(21(24)22-17-9-7-16(8-10-17)15(2)3)23(28(5,25)26)18-11-13-19(27-4)14-12-18/h7-15,20H,6H2,1-5H3,(H,22,24)/t20-/m1/s1. The monoisotopic (exact) mass is 404 g/mol. The first kappa shape index (κ1) is 21.8. The fourth-order valence-electron chi connectivity index (χ4n) is 2.97. The van der Waals surface area contributed by atoms with Crippen LogP contribution < -0.4 is 14.4 Å². The molecular weight excluding hydrogens is 376 g/mol. The van der Waals surface area contributed by atoms with Crippen LogP contribution in [0.1, 0.15) is 38.7 Å². The Morgan fingerprint density at radius 2 is 1.64 bits per heavy atom. The van der Waals surface area contributed by atoms with Crippen molar-refractivity contribution in [1.82, 2.24) is 0 Å². The molecule has 0 saturated heterocycles. The minimum atomic E-state index is -3.67. The highest BCUT2D eigenvalue weighted by Crippen LogP contribution is 2.26. The lowest BCUT2D eigenvalue weighted by Crippen LogP contribution is -2.46. The van der Waals surface area contributed by atoms with Crippen molar-refractivity contribution >= 4 is 27.3 Å². The zero-order valence-electron chi connectivity index (χ0n) is 17.0. The normalized spacial score (nSPS) is 12.5. The van der Waals surface area contributed by atoms with E-state index in [-0.39, 0.29) is 5.91 Å². The van der Waals surface area contributed by atoms with Gasteiger partial charge in [-0.05, 0) is 54.3 Å². The Labute approximate surface area is 167 Å². The Morgan fingerprint density at radius 3 is 2.07 bits per heavy atom. The summed E-state index contributed by atoms with van der Waals surface area (Å²) in [6.45, 7) is 5.98. The van der Waals surface area contributed by atoms with Crippen LogP contribution in [0.25, 0.3) is 0 Å². The van der Waals surface area contributed by atoms with E-state index in [2.05, 4.69) is 19.2 Å². The molecule has 0 aliphatic carbocycles. The van der Waals surface area contributed by atoms with E-state index in [0.29, 0.717) is 29.5 Å². The third-order valence-electron chi connectivity index (χ3n) is 4.50. The second kappa shape index (κ2) is 9.10. The van der Waals surface area contributed by atoms with Gasteiger partial charge in [0.1, 0.15) is 11.8 Å². The summed E-state index contributed by atoms with van der Waals surface area (Å²) < 4.78 is 31.2. The number of nitrogens with zero attached hydrogens (tertiary/aromatic N) is 1. The summed E-state index contributed by atoms with van der Waals surface area (Å²) in [7, 11) is -2.13. The number of nitrogens with one attached hydrogen (secondary N) is 1. The Hall–Kier alpha value is -2.54. The summed E-state index contributed by atoms with van der Waals surface area (Å²) in [5, 5.41) is 2.83. The first-order valence-corrected chi connectivity index (χ1v) is 11.1. The van der Waals surface area contributed by atoms with E-state index in [1.54, 1.807) is 31.2 Å². The molecule has 2 rings (SSSR count). The van der Waals surface area contributed by atoms with E-state index in [0.717, 1.165) is 10.6 Å². The van der Waals surface area contributed by atoms with Gasteiger partial charge >= 0.3 is 0 Å². The molecule has 1 atom stereocenters. The number of sulfonamides is 1. The fraction of sp³-hybridized carbons (Fsp3) is 0.381. The minimum absolute atomic E-state index is 0.328. The molecular formula is C21H28N2O4S. The van der Waals surface area contributed by atoms with Crippen LogP contribution in [0.15, 0.2) is 48.5 Å². The number of amides is 1. The zero-order valence-corrected chi connectivity index (χ0v) is 17.8. The third kappa shape index (κ3) is 5.25. The maximum atomic E-state index is 12.9. The summed E-state index contributed by atoms with van der Waals surface area (Å²) >= 11 is 0. The number of ether oxygens (including phenoxy) is 1. The quantitative estimate of drug-likeness (QED) is 0.721. The zero-order chi connectivity index (χ0) is 20.9. The van der Waals surface area contributed by atoms with Crippen molar-refractivity contribution in [2.45, 2.75) is 39.2 Å². The molecule has 28 heavy (non-hydrogen) atoms. The van der Waals surface area contributed by atoms with Crippen molar-refractivity contribution in [2.24, 2.45) is 0 Å². The average Bonchev–Trinajstić information content (AvgIpc) is 2.65. The van der Waals surface area contributed by atoms with Crippen LogP contribution in [0.4, 0.5) is 11.4 Å². The number of carbonyl (C=O) groups is 1. The minimum Gasteiger partial charge on any atom is -0.497 e. The van der Waals surface area contributed by atoms with Gasteiger partial charge < -0.3 is 10.1 Å². The largest absolute Gasteiger partial charge is 0.497 e. The summed E-state index contributed by atoms with van der Waals surface area (Å²) in [4.78, 5) is 12.9. The van der Waals surface area contributed by atoms with Gasteiger partial charge in [0.15, 0.2) is 0 Å². The van der Waals surface area contributed by atoms with Crippen LogP contribution >= 0.6 is 0 Å². The number of hydrogen-bond donors (Lipinski definition) is 1. The van der Waals surface area contributed by atoms with Crippen molar-refractivity contribution in [2.75, 3.05) is 23.0 Å². The summed E-state index contributed by atoms with van der Waals surface area (Å²) in [6, 6.07) is 13.3. The van der Waals surface area contributed by atoms with Crippen LogP contribution in [0.2, 0.25) is 0 Å². The average molecular weight is 405 g/mol. The van der Waals surface area contributed by atoms with Crippen LogP contribution in [0, 0.1) is 0 Å². The van der Waals surface area contributed by atoms with E-state index in [1.807, 2.05) is 24.3 Å².